The molecule has 0 aromatic heterocycles. The Balaban J connectivity index is 2.35. The summed E-state index contributed by atoms with van der Waals surface area (Å²) < 4.78 is 0. The molecule has 0 bridgehead atoms. The number of carbonyl (C=O) groups excluding carboxylic acids is 1. The summed E-state index contributed by atoms with van der Waals surface area (Å²) in [6.07, 6.45) is 4.73. The van der Waals surface area contributed by atoms with Gasteiger partial charge in [-0.2, -0.15) is 11.8 Å². The largest absolute Gasteiger partial charge is 0.298 e. The highest BCUT2D eigenvalue weighted by atomic mass is 32.2. The van der Waals surface area contributed by atoms with E-state index in [1.165, 1.54) is 6.42 Å². The molecule has 0 aliphatic heterocycles. The molecule has 0 heterocycles. The van der Waals surface area contributed by atoms with Crippen molar-refractivity contribution < 1.29 is 4.79 Å². The highest BCUT2D eigenvalue weighted by Gasteiger charge is 2.28. The Bertz CT molecular complexity index is 217. The van der Waals surface area contributed by atoms with Gasteiger partial charge in [0.15, 0.2) is 0 Å². The molecule has 16 heavy (non-hydrogen) atoms. The molecule has 3 unspecified atom stereocenters. The van der Waals surface area contributed by atoms with Crippen molar-refractivity contribution in [2.45, 2.75) is 58.6 Å². The summed E-state index contributed by atoms with van der Waals surface area (Å²) in [6, 6.07) is 0. The zero-order valence-corrected chi connectivity index (χ0v) is 12.0. The van der Waals surface area contributed by atoms with E-state index in [-0.39, 0.29) is 0 Å². The van der Waals surface area contributed by atoms with Crippen molar-refractivity contribution in [3.8, 4) is 0 Å². The summed E-state index contributed by atoms with van der Waals surface area (Å²) >= 11 is 1.83. The van der Waals surface area contributed by atoms with E-state index in [0.717, 1.165) is 36.9 Å². The van der Waals surface area contributed by atoms with E-state index in [4.69, 9.17) is 0 Å². The van der Waals surface area contributed by atoms with Crippen LogP contribution in [0, 0.1) is 17.8 Å². The Kier molecular flexibility index (Phi) is 5.88. The fourth-order valence-corrected chi connectivity index (χ4v) is 3.59. The molecule has 1 fully saturated rings. The normalized spacial score (nSPS) is 32.4. The topological polar surface area (TPSA) is 17.1 Å². The molecule has 1 aliphatic rings. The first-order chi connectivity index (χ1) is 7.52. The van der Waals surface area contributed by atoms with E-state index in [0.29, 0.717) is 17.0 Å². The number of Topliss-reactive ketones (excluding diaryl/α,β-unsaturated/α-hetero) is 1. The van der Waals surface area contributed by atoms with Crippen LogP contribution in [0.4, 0.5) is 0 Å². The maximum atomic E-state index is 12.1. The van der Waals surface area contributed by atoms with Crippen LogP contribution in [0.5, 0.6) is 0 Å². The SMILES string of the molecule is CCC(C)SCC(=O)C1CC(C)CC(C)C1. The van der Waals surface area contributed by atoms with Crippen LogP contribution in [-0.4, -0.2) is 16.8 Å². The fourth-order valence-electron chi connectivity index (χ4n) is 2.67. The van der Waals surface area contributed by atoms with E-state index < -0.39 is 0 Å². The van der Waals surface area contributed by atoms with E-state index >= 15 is 0 Å². The molecular weight excluding hydrogens is 216 g/mol. The lowest BCUT2D eigenvalue weighted by Gasteiger charge is -2.30. The molecule has 0 saturated heterocycles. The summed E-state index contributed by atoms with van der Waals surface area (Å²) in [6.45, 7) is 8.98. The average molecular weight is 242 g/mol. The molecule has 1 nitrogen and oxygen atoms in total. The van der Waals surface area contributed by atoms with Crippen molar-refractivity contribution in [1.29, 1.82) is 0 Å². The number of hydrogen-bond acceptors (Lipinski definition) is 2. The second kappa shape index (κ2) is 6.68. The van der Waals surface area contributed by atoms with Gasteiger partial charge in [-0.15, -0.1) is 0 Å². The van der Waals surface area contributed by atoms with E-state index in [1.54, 1.807) is 0 Å². The first-order valence-corrected chi connectivity index (χ1v) is 7.72. The maximum absolute atomic E-state index is 12.1. The Morgan fingerprint density at radius 2 is 1.81 bits per heavy atom. The minimum Gasteiger partial charge on any atom is -0.298 e. The van der Waals surface area contributed by atoms with Gasteiger partial charge in [-0.3, -0.25) is 4.79 Å². The van der Waals surface area contributed by atoms with E-state index in [9.17, 15) is 4.79 Å². The summed E-state index contributed by atoms with van der Waals surface area (Å²) in [5.74, 6) is 3.08. The zero-order chi connectivity index (χ0) is 12.1. The highest BCUT2D eigenvalue weighted by Crippen LogP contribution is 2.34. The molecule has 0 N–H and O–H groups in total. The van der Waals surface area contributed by atoms with Gasteiger partial charge in [0.1, 0.15) is 5.78 Å². The third-order valence-corrected chi connectivity index (χ3v) is 5.07. The van der Waals surface area contributed by atoms with Crippen LogP contribution in [0.3, 0.4) is 0 Å². The van der Waals surface area contributed by atoms with Crippen LogP contribution in [0.25, 0.3) is 0 Å². The molecule has 0 radical (unpaired) electrons. The van der Waals surface area contributed by atoms with Gasteiger partial charge in [0.25, 0.3) is 0 Å². The van der Waals surface area contributed by atoms with Crippen molar-refractivity contribution in [2.24, 2.45) is 17.8 Å². The Hall–Kier alpha value is 0.0200. The minimum atomic E-state index is 0.357. The van der Waals surface area contributed by atoms with E-state index in [1.807, 2.05) is 11.8 Å². The number of carbonyl (C=O) groups is 1. The standard InChI is InChI=1S/C14H26OS/c1-5-12(4)16-9-14(15)13-7-10(2)6-11(3)8-13/h10-13H,5-9H2,1-4H3. The Morgan fingerprint density at radius 1 is 1.25 bits per heavy atom. The average Bonchev–Trinajstić information content (AvgIpc) is 2.23. The van der Waals surface area contributed by atoms with E-state index in [2.05, 4.69) is 27.7 Å². The third kappa shape index (κ3) is 4.48. The van der Waals surface area contributed by atoms with Gasteiger partial charge in [0.05, 0.1) is 5.75 Å². The second-order valence-corrected chi connectivity index (χ2v) is 7.04. The molecule has 0 amide bonds. The molecule has 0 spiro atoms. The van der Waals surface area contributed by atoms with Crippen LogP contribution in [0.1, 0.15) is 53.4 Å². The van der Waals surface area contributed by atoms with Gasteiger partial charge >= 0.3 is 0 Å². The summed E-state index contributed by atoms with van der Waals surface area (Å²) in [4.78, 5) is 12.1. The number of rotatable bonds is 5. The predicted octanol–water partition coefficient (Wildman–Crippen LogP) is 4.16. The Morgan fingerprint density at radius 3 is 2.31 bits per heavy atom. The highest BCUT2D eigenvalue weighted by molar-refractivity contribution is 8.00. The quantitative estimate of drug-likeness (QED) is 0.720. The number of ketones is 1. The van der Waals surface area contributed by atoms with Gasteiger partial charge < -0.3 is 0 Å². The van der Waals surface area contributed by atoms with Gasteiger partial charge in [-0.25, -0.2) is 0 Å². The van der Waals surface area contributed by atoms with Crippen LogP contribution >= 0.6 is 11.8 Å². The Labute approximate surface area is 105 Å². The molecule has 3 atom stereocenters. The van der Waals surface area contributed by atoms with Crippen LogP contribution in [0.15, 0.2) is 0 Å². The molecule has 94 valence electrons. The first kappa shape index (κ1) is 14.1. The number of hydrogen-bond donors (Lipinski definition) is 0. The van der Waals surface area contributed by atoms with Crippen molar-refractivity contribution >= 4 is 17.5 Å². The summed E-state index contributed by atoms with van der Waals surface area (Å²) in [7, 11) is 0. The van der Waals surface area contributed by atoms with Crippen LogP contribution in [0.2, 0.25) is 0 Å². The van der Waals surface area contributed by atoms with Crippen molar-refractivity contribution in [2.75, 3.05) is 5.75 Å². The van der Waals surface area contributed by atoms with Gasteiger partial charge in [-0.05, 0) is 37.5 Å². The van der Waals surface area contributed by atoms with Crippen LogP contribution < -0.4 is 0 Å². The smallest absolute Gasteiger partial charge is 0.145 e. The lowest BCUT2D eigenvalue weighted by Crippen LogP contribution is -2.27. The molecular formula is C14H26OS. The molecule has 0 aromatic carbocycles. The summed E-state index contributed by atoms with van der Waals surface area (Å²) in [5, 5.41) is 0.627. The van der Waals surface area contributed by atoms with Gasteiger partial charge in [-0.1, -0.05) is 27.7 Å². The lowest BCUT2D eigenvalue weighted by atomic mass is 9.75. The summed E-state index contributed by atoms with van der Waals surface area (Å²) in [5.41, 5.74) is 0. The molecule has 1 saturated carbocycles. The lowest BCUT2D eigenvalue weighted by molar-refractivity contribution is -0.122. The maximum Gasteiger partial charge on any atom is 0.145 e. The third-order valence-electron chi connectivity index (χ3n) is 3.72. The fraction of sp³-hybridized carbons (Fsp3) is 0.929. The monoisotopic (exact) mass is 242 g/mol. The molecule has 1 rings (SSSR count). The zero-order valence-electron chi connectivity index (χ0n) is 11.2. The first-order valence-electron chi connectivity index (χ1n) is 6.67. The van der Waals surface area contributed by atoms with Gasteiger partial charge in [0.2, 0.25) is 0 Å². The van der Waals surface area contributed by atoms with Crippen molar-refractivity contribution in [3.63, 3.8) is 0 Å². The predicted molar refractivity (Wildman–Crippen MR) is 72.9 cm³/mol. The molecule has 2 heteroatoms. The molecule has 1 aliphatic carbocycles. The second-order valence-electron chi connectivity index (χ2n) is 5.61. The number of thioether (sulfide) groups is 1. The molecule has 0 aromatic rings. The minimum absolute atomic E-state index is 0.357. The van der Waals surface area contributed by atoms with Gasteiger partial charge in [0, 0.05) is 11.2 Å². The van der Waals surface area contributed by atoms with Crippen LogP contribution in [-0.2, 0) is 4.79 Å². The van der Waals surface area contributed by atoms with Crippen molar-refractivity contribution in [1.82, 2.24) is 0 Å². The van der Waals surface area contributed by atoms with Crippen molar-refractivity contribution in [3.05, 3.63) is 0 Å².